The van der Waals surface area contributed by atoms with E-state index in [1.807, 2.05) is 18.2 Å². The Kier molecular flexibility index (Phi) is 3.23. The van der Waals surface area contributed by atoms with Crippen molar-refractivity contribution in [3.8, 4) is 0 Å². The molecule has 0 atom stereocenters. The van der Waals surface area contributed by atoms with Gasteiger partial charge in [-0.25, -0.2) is 4.52 Å². The Balaban J connectivity index is 1.79. The molecule has 0 saturated carbocycles. The molecule has 0 bridgehead atoms. The highest BCUT2D eigenvalue weighted by molar-refractivity contribution is 5.94. The van der Waals surface area contributed by atoms with Crippen LogP contribution < -0.4 is 22.5 Å². The molecule has 3 heterocycles. The predicted molar refractivity (Wildman–Crippen MR) is 84.9 cm³/mol. The molecule has 0 fully saturated rings. The fourth-order valence-electron chi connectivity index (χ4n) is 2.19. The quantitative estimate of drug-likeness (QED) is 0.569. The van der Waals surface area contributed by atoms with Crippen LogP contribution in [0.2, 0.25) is 0 Å². The van der Waals surface area contributed by atoms with Crippen LogP contribution in [0.1, 0.15) is 5.69 Å². The highest BCUT2D eigenvalue weighted by Crippen LogP contribution is 2.30. The maximum absolute atomic E-state index is 6.09. The fraction of sp³-hybridized carbons (Fsp3) is 0.143. The first-order chi connectivity index (χ1) is 10.2. The molecule has 7 heteroatoms. The summed E-state index contributed by atoms with van der Waals surface area (Å²) in [5.74, 6) is 0.600. The lowest BCUT2D eigenvalue weighted by Gasteiger charge is -2.04. The highest BCUT2D eigenvalue weighted by Gasteiger charge is 2.13. The molecule has 0 aliphatic carbocycles. The number of hydrogen-bond donors (Lipinski definition) is 4. The summed E-state index contributed by atoms with van der Waals surface area (Å²) >= 11 is 0. The summed E-state index contributed by atoms with van der Waals surface area (Å²) in [4.78, 5) is 4.27. The van der Waals surface area contributed by atoms with E-state index in [4.69, 9.17) is 17.2 Å². The maximum atomic E-state index is 6.09. The van der Waals surface area contributed by atoms with Gasteiger partial charge in [0.15, 0.2) is 5.82 Å². The normalized spacial score (nSPS) is 10.9. The standard InChI is InChI=1S/C14H17N7/c15-10-5-8-21-13(11(10)16)12(17)14(20-21)19-7-4-9-3-1-2-6-18-9/h1-3,5-6,8H,4,7,15-17H2,(H,19,20). The number of nitrogens with two attached hydrogens (primary N) is 3. The van der Waals surface area contributed by atoms with Crippen LogP contribution in [-0.2, 0) is 6.42 Å². The first-order valence-electron chi connectivity index (χ1n) is 6.62. The largest absolute Gasteiger partial charge is 0.397 e. The Hall–Kier alpha value is -2.96. The molecule has 21 heavy (non-hydrogen) atoms. The van der Waals surface area contributed by atoms with E-state index >= 15 is 0 Å². The zero-order valence-electron chi connectivity index (χ0n) is 11.5. The number of anilines is 4. The van der Waals surface area contributed by atoms with Crippen molar-refractivity contribution < 1.29 is 0 Å². The Bertz CT molecular complexity index is 764. The van der Waals surface area contributed by atoms with Gasteiger partial charge in [-0.15, -0.1) is 5.10 Å². The lowest BCUT2D eigenvalue weighted by Crippen LogP contribution is -2.07. The van der Waals surface area contributed by atoms with Crippen LogP contribution >= 0.6 is 0 Å². The van der Waals surface area contributed by atoms with E-state index in [2.05, 4.69) is 15.4 Å². The molecule has 7 nitrogen and oxygen atoms in total. The van der Waals surface area contributed by atoms with Crippen molar-refractivity contribution in [3.05, 3.63) is 42.4 Å². The second-order valence-electron chi connectivity index (χ2n) is 4.74. The van der Waals surface area contributed by atoms with E-state index in [0.29, 0.717) is 34.9 Å². The van der Waals surface area contributed by atoms with Gasteiger partial charge in [0.1, 0.15) is 11.2 Å². The van der Waals surface area contributed by atoms with E-state index in [0.717, 1.165) is 12.1 Å². The van der Waals surface area contributed by atoms with Crippen molar-refractivity contribution >= 4 is 28.4 Å². The van der Waals surface area contributed by atoms with Crippen molar-refractivity contribution in [3.63, 3.8) is 0 Å². The summed E-state index contributed by atoms with van der Waals surface area (Å²) in [6.07, 6.45) is 4.30. The van der Waals surface area contributed by atoms with Gasteiger partial charge in [0.2, 0.25) is 0 Å². The third kappa shape index (κ3) is 2.40. The first kappa shape index (κ1) is 13.0. The van der Waals surface area contributed by atoms with Crippen molar-refractivity contribution in [1.82, 2.24) is 14.6 Å². The average molecular weight is 283 g/mol. The smallest absolute Gasteiger partial charge is 0.172 e. The molecule has 3 rings (SSSR count). The summed E-state index contributed by atoms with van der Waals surface area (Å²) in [7, 11) is 0. The van der Waals surface area contributed by atoms with Crippen LogP contribution in [0.15, 0.2) is 36.7 Å². The molecule has 0 radical (unpaired) electrons. The molecule has 3 aromatic rings. The summed E-state index contributed by atoms with van der Waals surface area (Å²) < 4.78 is 1.63. The molecule has 0 saturated heterocycles. The third-order valence-corrected chi connectivity index (χ3v) is 3.31. The monoisotopic (exact) mass is 283 g/mol. The lowest BCUT2D eigenvalue weighted by atomic mass is 10.2. The predicted octanol–water partition coefficient (Wildman–Crippen LogP) is 1.13. The van der Waals surface area contributed by atoms with Gasteiger partial charge in [-0.05, 0) is 18.2 Å². The number of rotatable bonds is 4. The SMILES string of the molecule is Nc1ccn2nc(NCCc3ccccn3)c(N)c2c1N. The number of aromatic nitrogens is 3. The van der Waals surface area contributed by atoms with Crippen molar-refractivity contribution in [2.24, 2.45) is 0 Å². The van der Waals surface area contributed by atoms with Gasteiger partial charge in [0, 0.05) is 31.1 Å². The zero-order valence-corrected chi connectivity index (χ0v) is 11.5. The molecular formula is C14H17N7. The van der Waals surface area contributed by atoms with E-state index in [1.165, 1.54) is 0 Å². The van der Waals surface area contributed by atoms with Crippen molar-refractivity contribution in [2.45, 2.75) is 6.42 Å². The molecule has 3 aromatic heterocycles. The zero-order chi connectivity index (χ0) is 14.8. The number of nitrogens with one attached hydrogen (secondary N) is 1. The molecule has 0 aliphatic heterocycles. The number of hydrogen-bond acceptors (Lipinski definition) is 6. The molecule has 0 aliphatic rings. The molecule has 0 spiro atoms. The number of nitrogen functional groups attached to an aromatic ring is 3. The average Bonchev–Trinajstić information content (AvgIpc) is 2.81. The summed E-state index contributed by atoms with van der Waals surface area (Å²) in [6.45, 7) is 0.681. The van der Waals surface area contributed by atoms with Crippen LogP contribution in [0.25, 0.3) is 5.52 Å². The molecule has 108 valence electrons. The molecule has 7 N–H and O–H groups in total. The summed E-state index contributed by atoms with van der Waals surface area (Å²) in [5, 5.41) is 7.57. The van der Waals surface area contributed by atoms with Gasteiger partial charge >= 0.3 is 0 Å². The van der Waals surface area contributed by atoms with Gasteiger partial charge in [0.25, 0.3) is 0 Å². The van der Waals surface area contributed by atoms with Gasteiger partial charge in [-0.3, -0.25) is 4.98 Å². The topological polar surface area (TPSA) is 120 Å². The van der Waals surface area contributed by atoms with Crippen LogP contribution in [0.3, 0.4) is 0 Å². The molecule has 0 amide bonds. The Labute approximate surface area is 121 Å². The van der Waals surface area contributed by atoms with Gasteiger partial charge in [-0.2, -0.15) is 0 Å². The maximum Gasteiger partial charge on any atom is 0.172 e. The lowest BCUT2D eigenvalue weighted by molar-refractivity contribution is 0.924. The van der Waals surface area contributed by atoms with Crippen LogP contribution in [0, 0.1) is 0 Å². The second-order valence-corrected chi connectivity index (χ2v) is 4.74. The van der Waals surface area contributed by atoms with Gasteiger partial charge in [-0.1, -0.05) is 6.07 Å². The van der Waals surface area contributed by atoms with Crippen molar-refractivity contribution in [1.29, 1.82) is 0 Å². The Morgan fingerprint density at radius 2 is 1.95 bits per heavy atom. The Morgan fingerprint density at radius 1 is 1.10 bits per heavy atom. The molecule has 0 aromatic carbocycles. The molecular weight excluding hydrogens is 266 g/mol. The van der Waals surface area contributed by atoms with Crippen molar-refractivity contribution in [2.75, 3.05) is 29.1 Å². The summed E-state index contributed by atoms with van der Waals surface area (Å²) in [6, 6.07) is 7.54. The van der Waals surface area contributed by atoms with E-state index in [1.54, 1.807) is 23.0 Å². The van der Waals surface area contributed by atoms with E-state index in [9.17, 15) is 0 Å². The van der Waals surface area contributed by atoms with Gasteiger partial charge < -0.3 is 22.5 Å². The fourth-order valence-corrected chi connectivity index (χ4v) is 2.19. The van der Waals surface area contributed by atoms with Crippen LogP contribution in [0.4, 0.5) is 22.9 Å². The highest BCUT2D eigenvalue weighted by atomic mass is 15.3. The number of pyridine rings is 2. The minimum Gasteiger partial charge on any atom is -0.397 e. The first-order valence-corrected chi connectivity index (χ1v) is 6.62. The van der Waals surface area contributed by atoms with Gasteiger partial charge in [0.05, 0.1) is 11.4 Å². The van der Waals surface area contributed by atoms with E-state index < -0.39 is 0 Å². The minimum atomic E-state index is 0.445. The number of nitrogens with zero attached hydrogens (tertiary/aromatic N) is 3. The van der Waals surface area contributed by atoms with E-state index in [-0.39, 0.29) is 0 Å². The third-order valence-electron chi connectivity index (χ3n) is 3.31. The number of fused-ring (bicyclic) bond motifs is 1. The van der Waals surface area contributed by atoms with Crippen LogP contribution in [0.5, 0.6) is 0 Å². The summed E-state index contributed by atoms with van der Waals surface area (Å²) in [5.41, 5.74) is 20.9. The second kappa shape index (κ2) is 5.20. The minimum absolute atomic E-state index is 0.445. The van der Waals surface area contributed by atoms with Crippen LogP contribution in [-0.4, -0.2) is 21.1 Å². The Morgan fingerprint density at radius 3 is 2.71 bits per heavy atom. The molecule has 0 unspecified atom stereocenters.